The van der Waals surface area contributed by atoms with Crippen LogP contribution in [0.2, 0.25) is 0 Å². The molecule has 0 spiro atoms. The maximum atomic E-state index is 8.72. The lowest BCUT2D eigenvalue weighted by Gasteiger charge is -2.03. The summed E-state index contributed by atoms with van der Waals surface area (Å²) in [5.41, 5.74) is 3.15. The molecule has 0 amide bonds. The van der Waals surface area contributed by atoms with Crippen LogP contribution in [0.3, 0.4) is 0 Å². The molecule has 0 unspecified atom stereocenters. The van der Waals surface area contributed by atoms with E-state index in [1.807, 2.05) is 24.3 Å². The fourth-order valence-corrected chi connectivity index (χ4v) is 1.13. The monoisotopic (exact) mass is 174 g/mol. The number of aliphatic hydroxyl groups is 1. The summed E-state index contributed by atoms with van der Waals surface area (Å²) in [7, 11) is 0. The van der Waals surface area contributed by atoms with E-state index in [2.05, 4.69) is 13.2 Å². The molecule has 0 saturated carbocycles. The molecule has 0 fully saturated rings. The summed E-state index contributed by atoms with van der Waals surface area (Å²) >= 11 is 0. The third-order valence-electron chi connectivity index (χ3n) is 1.97. The first-order valence-electron chi connectivity index (χ1n) is 4.29. The van der Waals surface area contributed by atoms with Gasteiger partial charge in [0.15, 0.2) is 0 Å². The summed E-state index contributed by atoms with van der Waals surface area (Å²) in [5.74, 6) is 0. The van der Waals surface area contributed by atoms with Crippen LogP contribution in [0.25, 0.3) is 11.6 Å². The van der Waals surface area contributed by atoms with E-state index in [9.17, 15) is 0 Å². The Labute approximate surface area is 79.0 Å². The van der Waals surface area contributed by atoms with Gasteiger partial charge in [-0.3, -0.25) is 0 Å². The molecule has 0 atom stereocenters. The second-order valence-corrected chi connectivity index (χ2v) is 2.90. The Balaban J connectivity index is 2.79. The van der Waals surface area contributed by atoms with E-state index in [4.69, 9.17) is 5.11 Å². The molecule has 13 heavy (non-hydrogen) atoms. The van der Waals surface area contributed by atoms with Crippen LogP contribution >= 0.6 is 0 Å². The average molecular weight is 174 g/mol. The zero-order valence-electron chi connectivity index (χ0n) is 7.66. The van der Waals surface area contributed by atoms with Crippen LogP contribution in [0.5, 0.6) is 0 Å². The van der Waals surface area contributed by atoms with E-state index in [1.54, 1.807) is 6.08 Å². The second kappa shape index (κ2) is 4.63. The maximum Gasteiger partial charge on any atom is 0.0471 e. The molecule has 0 aromatic heterocycles. The van der Waals surface area contributed by atoms with Crippen molar-refractivity contribution in [2.24, 2.45) is 0 Å². The third kappa shape index (κ3) is 2.56. The Morgan fingerprint density at radius 2 is 1.92 bits per heavy atom. The van der Waals surface area contributed by atoms with Crippen molar-refractivity contribution in [3.8, 4) is 0 Å². The third-order valence-corrected chi connectivity index (χ3v) is 1.97. The molecule has 0 saturated heterocycles. The lowest BCUT2D eigenvalue weighted by Crippen LogP contribution is -1.87. The lowest BCUT2D eigenvalue weighted by atomic mass is 10.0. The van der Waals surface area contributed by atoms with Crippen LogP contribution in [0.1, 0.15) is 17.5 Å². The van der Waals surface area contributed by atoms with E-state index >= 15 is 0 Å². The minimum Gasteiger partial charge on any atom is -0.396 e. The summed E-state index contributed by atoms with van der Waals surface area (Å²) in [4.78, 5) is 0. The van der Waals surface area contributed by atoms with Gasteiger partial charge in [-0.05, 0) is 23.1 Å². The predicted molar refractivity (Wildman–Crippen MR) is 57.3 cm³/mol. The van der Waals surface area contributed by atoms with Gasteiger partial charge in [0, 0.05) is 6.61 Å². The zero-order chi connectivity index (χ0) is 9.68. The summed E-state index contributed by atoms with van der Waals surface area (Å²) in [6, 6.07) is 7.97. The fraction of sp³-hybridized carbons (Fsp3) is 0.167. The van der Waals surface area contributed by atoms with Crippen molar-refractivity contribution in [3.63, 3.8) is 0 Å². The average Bonchev–Trinajstić information content (AvgIpc) is 2.18. The highest BCUT2D eigenvalue weighted by atomic mass is 16.2. The van der Waals surface area contributed by atoms with E-state index in [0.29, 0.717) is 6.42 Å². The van der Waals surface area contributed by atoms with Crippen LogP contribution in [0.15, 0.2) is 37.4 Å². The van der Waals surface area contributed by atoms with E-state index in [-0.39, 0.29) is 6.61 Å². The number of aliphatic hydroxyl groups excluding tert-OH is 1. The summed E-state index contributed by atoms with van der Waals surface area (Å²) in [6.07, 6.45) is 2.44. The van der Waals surface area contributed by atoms with Crippen molar-refractivity contribution in [2.45, 2.75) is 6.42 Å². The molecule has 0 radical (unpaired) electrons. The van der Waals surface area contributed by atoms with E-state index < -0.39 is 0 Å². The van der Waals surface area contributed by atoms with Crippen molar-refractivity contribution in [1.29, 1.82) is 0 Å². The molecule has 0 aliphatic carbocycles. The van der Waals surface area contributed by atoms with Crippen molar-refractivity contribution < 1.29 is 5.11 Å². The first kappa shape index (κ1) is 9.75. The molecule has 1 rings (SSSR count). The van der Waals surface area contributed by atoms with Gasteiger partial charge >= 0.3 is 0 Å². The van der Waals surface area contributed by atoms with Crippen LogP contribution in [0, 0.1) is 0 Å². The Morgan fingerprint density at radius 1 is 1.31 bits per heavy atom. The van der Waals surface area contributed by atoms with Crippen LogP contribution < -0.4 is 0 Å². The fourth-order valence-electron chi connectivity index (χ4n) is 1.13. The molecule has 1 N–H and O–H groups in total. The maximum absolute atomic E-state index is 8.72. The van der Waals surface area contributed by atoms with Gasteiger partial charge in [-0.25, -0.2) is 0 Å². The molecule has 0 heterocycles. The van der Waals surface area contributed by atoms with Gasteiger partial charge in [-0.2, -0.15) is 0 Å². The number of rotatable bonds is 4. The molecule has 68 valence electrons. The van der Waals surface area contributed by atoms with Gasteiger partial charge in [0.25, 0.3) is 0 Å². The quantitative estimate of drug-likeness (QED) is 0.744. The van der Waals surface area contributed by atoms with Gasteiger partial charge in [0.05, 0.1) is 0 Å². The lowest BCUT2D eigenvalue weighted by molar-refractivity contribution is 0.305. The second-order valence-electron chi connectivity index (χ2n) is 2.90. The molecule has 0 aliphatic rings. The largest absolute Gasteiger partial charge is 0.396 e. The first-order chi connectivity index (χ1) is 6.27. The van der Waals surface area contributed by atoms with Gasteiger partial charge in [0.2, 0.25) is 0 Å². The Hall–Kier alpha value is -1.34. The summed E-state index contributed by atoms with van der Waals surface area (Å²) in [6.45, 7) is 7.72. The van der Waals surface area contributed by atoms with Gasteiger partial charge < -0.3 is 5.11 Å². The molecule has 0 bridgehead atoms. The van der Waals surface area contributed by atoms with Crippen LogP contribution in [-0.2, 0) is 0 Å². The highest BCUT2D eigenvalue weighted by Crippen LogP contribution is 2.16. The van der Waals surface area contributed by atoms with Gasteiger partial charge in [-0.15, -0.1) is 0 Å². The minimum atomic E-state index is 0.155. The molecular formula is C12H14O. The zero-order valence-corrected chi connectivity index (χ0v) is 7.66. The van der Waals surface area contributed by atoms with Crippen molar-refractivity contribution in [1.82, 2.24) is 0 Å². The number of hydrogen-bond donors (Lipinski definition) is 1. The molecule has 0 aliphatic heterocycles. The SMILES string of the molecule is C=Cc1ccc(C(=C)CCO)cc1. The number of hydrogen-bond acceptors (Lipinski definition) is 1. The molecule has 1 aromatic rings. The Bertz CT molecular complexity index is 295. The van der Waals surface area contributed by atoms with Crippen LogP contribution in [-0.4, -0.2) is 11.7 Å². The summed E-state index contributed by atoms with van der Waals surface area (Å²) in [5, 5.41) is 8.72. The van der Waals surface area contributed by atoms with Gasteiger partial charge in [-0.1, -0.05) is 43.5 Å². The number of benzene rings is 1. The van der Waals surface area contributed by atoms with E-state index in [0.717, 1.165) is 16.7 Å². The van der Waals surface area contributed by atoms with Crippen molar-refractivity contribution >= 4 is 11.6 Å². The Kier molecular flexibility index (Phi) is 3.47. The van der Waals surface area contributed by atoms with Crippen molar-refractivity contribution in [3.05, 3.63) is 48.6 Å². The van der Waals surface area contributed by atoms with Gasteiger partial charge in [0.1, 0.15) is 0 Å². The molecular weight excluding hydrogens is 160 g/mol. The first-order valence-corrected chi connectivity index (χ1v) is 4.29. The van der Waals surface area contributed by atoms with Crippen LogP contribution in [0.4, 0.5) is 0 Å². The minimum absolute atomic E-state index is 0.155. The summed E-state index contributed by atoms with van der Waals surface area (Å²) < 4.78 is 0. The smallest absolute Gasteiger partial charge is 0.0471 e. The highest BCUT2D eigenvalue weighted by Gasteiger charge is 1.96. The Morgan fingerprint density at radius 3 is 2.38 bits per heavy atom. The molecule has 1 nitrogen and oxygen atoms in total. The van der Waals surface area contributed by atoms with E-state index in [1.165, 1.54) is 0 Å². The standard InChI is InChI=1S/C12H14O/c1-3-11-4-6-12(7-5-11)10(2)8-9-13/h3-7,13H,1-2,8-9H2. The molecule has 1 heteroatoms. The molecule has 1 aromatic carbocycles. The topological polar surface area (TPSA) is 20.2 Å². The van der Waals surface area contributed by atoms with Crippen molar-refractivity contribution in [2.75, 3.05) is 6.61 Å². The normalized spacial score (nSPS) is 9.62. The highest BCUT2D eigenvalue weighted by molar-refractivity contribution is 5.64. The predicted octanol–water partition coefficient (Wildman–Crippen LogP) is 2.73.